The molecular weight excluding hydrogens is 324 g/mol. The van der Waals surface area contributed by atoms with Crippen LogP contribution in [-0.4, -0.2) is 30.5 Å². The third kappa shape index (κ3) is 4.07. The number of likely N-dealkylation sites (tertiary alicyclic amines) is 1. The standard InChI is InChI=1S/C22H28N2O2/c1-16-12-13-20(26-3)19(15-16)23-22(25)21(18-10-5-4-6-11-18)24-14-8-7-9-17(24)2/h4-6,10-13,15,17,21H,7-9,14H2,1-3H3,(H,23,25)/t17-,21-/m0/s1. The quantitative estimate of drug-likeness (QED) is 0.858. The van der Waals surface area contributed by atoms with Crippen LogP contribution in [0.1, 0.15) is 43.4 Å². The fraction of sp³-hybridized carbons (Fsp3) is 0.409. The smallest absolute Gasteiger partial charge is 0.246 e. The number of nitrogens with zero attached hydrogens (tertiary/aromatic N) is 1. The first kappa shape index (κ1) is 18.5. The van der Waals surface area contributed by atoms with Crippen molar-refractivity contribution in [2.24, 2.45) is 0 Å². The lowest BCUT2D eigenvalue weighted by Crippen LogP contribution is -2.45. The molecule has 26 heavy (non-hydrogen) atoms. The maximum Gasteiger partial charge on any atom is 0.246 e. The topological polar surface area (TPSA) is 41.6 Å². The minimum Gasteiger partial charge on any atom is -0.495 e. The molecule has 4 heteroatoms. The van der Waals surface area contributed by atoms with Crippen molar-refractivity contribution in [3.63, 3.8) is 0 Å². The molecule has 2 atom stereocenters. The van der Waals surface area contributed by atoms with E-state index in [1.165, 1.54) is 6.42 Å². The minimum absolute atomic E-state index is 0.00569. The van der Waals surface area contributed by atoms with E-state index in [-0.39, 0.29) is 11.9 Å². The maximum absolute atomic E-state index is 13.3. The lowest BCUT2D eigenvalue weighted by atomic mass is 9.96. The fourth-order valence-electron chi connectivity index (χ4n) is 3.75. The molecule has 3 rings (SSSR count). The van der Waals surface area contributed by atoms with E-state index in [1.807, 2.05) is 55.5 Å². The number of carbonyl (C=O) groups excluding carboxylic acids is 1. The van der Waals surface area contributed by atoms with Crippen LogP contribution in [0.3, 0.4) is 0 Å². The summed E-state index contributed by atoms with van der Waals surface area (Å²) in [7, 11) is 1.63. The van der Waals surface area contributed by atoms with Crippen LogP contribution in [0.5, 0.6) is 5.75 Å². The number of carbonyl (C=O) groups is 1. The van der Waals surface area contributed by atoms with Crippen molar-refractivity contribution in [3.8, 4) is 5.75 Å². The van der Waals surface area contributed by atoms with Gasteiger partial charge in [-0.05, 0) is 56.5 Å². The summed E-state index contributed by atoms with van der Waals surface area (Å²) in [6, 6.07) is 16.0. The van der Waals surface area contributed by atoms with Crippen molar-refractivity contribution in [1.29, 1.82) is 0 Å². The highest BCUT2D eigenvalue weighted by Gasteiger charge is 2.32. The predicted octanol–water partition coefficient (Wildman–Crippen LogP) is 4.56. The van der Waals surface area contributed by atoms with Crippen LogP contribution in [0.15, 0.2) is 48.5 Å². The second kappa shape index (κ2) is 8.37. The van der Waals surface area contributed by atoms with E-state index in [1.54, 1.807) is 7.11 Å². The van der Waals surface area contributed by atoms with Crippen LogP contribution in [0.25, 0.3) is 0 Å². The second-order valence-electron chi connectivity index (χ2n) is 7.09. The number of methoxy groups -OCH3 is 1. The number of anilines is 1. The van der Waals surface area contributed by atoms with E-state index >= 15 is 0 Å². The van der Waals surface area contributed by atoms with Gasteiger partial charge in [-0.1, -0.05) is 42.8 Å². The van der Waals surface area contributed by atoms with E-state index in [0.29, 0.717) is 11.8 Å². The van der Waals surface area contributed by atoms with E-state index < -0.39 is 0 Å². The van der Waals surface area contributed by atoms with Gasteiger partial charge in [0.15, 0.2) is 0 Å². The van der Waals surface area contributed by atoms with Gasteiger partial charge in [0.2, 0.25) is 5.91 Å². The second-order valence-corrected chi connectivity index (χ2v) is 7.09. The van der Waals surface area contributed by atoms with Crippen molar-refractivity contribution in [1.82, 2.24) is 4.90 Å². The number of amides is 1. The number of rotatable bonds is 5. The Balaban J connectivity index is 1.91. The van der Waals surface area contributed by atoms with Crippen LogP contribution < -0.4 is 10.1 Å². The highest BCUT2D eigenvalue weighted by molar-refractivity contribution is 5.96. The number of piperidine rings is 1. The van der Waals surface area contributed by atoms with Gasteiger partial charge in [0.25, 0.3) is 0 Å². The van der Waals surface area contributed by atoms with Crippen molar-refractivity contribution < 1.29 is 9.53 Å². The summed E-state index contributed by atoms with van der Waals surface area (Å²) >= 11 is 0. The van der Waals surface area contributed by atoms with Gasteiger partial charge in [0, 0.05) is 6.04 Å². The molecule has 0 aliphatic carbocycles. The number of ether oxygens (including phenoxy) is 1. The number of nitrogens with one attached hydrogen (secondary N) is 1. The van der Waals surface area contributed by atoms with E-state index in [0.717, 1.165) is 36.2 Å². The molecule has 1 heterocycles. The summed E-state index contributed by atoms with van der Waals surface area (Å²) in [4.78, 5) is 15.7. The summed E-state index contributed by atoms with van der Waals surface area (Å²) in [5.74, 6) is 0.677. The predicted molar refractivity (Wildman–Crippen MR) is 106 cm³/mol. The Hall–Kier alpha value is -2.33. The van der Waals surface area contributed by atoms with Crippen LogP contribution in [0.2, 0.25) is 0 Å². The van der Waals surface area contributed by atoms with Gasteiger partial charge in [-0.3, -0.25) is 9.69 Å². The van der Waals surface area contributed by atoms with Crippen molar-refractivity contribution in [3.05, 3.63) is 59.7 Å². The van der Waals surface area contributed by atoms with Crippen LogP contribution in [0.4, 0.5) is 5.69 Å². The minimum atomic E-state index is -0.295. The van der Waals surface area contributed by atoms with Gasteiger partial charge in [0.1, 0.15) is 11.8 Å². The molecule has 0 unspecified atom stereocenters. The summed E-state index contributed by atoms with van der Waals surface area (Å²) in [6.45, 7) is 5.17. The van der Waals surface area contributed by atoms with Gasteiger partial charge in [-0.25, -0.2) is 0 Å². The lowest BCUT2D eigenvalue weighted by molar-refractivity contribution is -0.123. The summed E-state index contributed by atoms with van der Waals surface area (Å²) in [5, 5.41) is 3.11. The maximum atomic E-state index is 13.3. The van der Waals surface area contributed by atoms with Gasteiger partial charge < -0.3 is 10.1 Å². The molecule has 2 aromatic rings. The Morgan fingerprint density at radius 2 is 1.96 bits per heavy atom. The third-order valence-electron chi connectivity index (χ3n) is 5.16. The zero-order valence-corrected chi connectivity index (χ0v) is 15.9. The van der Waals surface area contributed by atoms with Crippen LogP contribution >= 0.6 is 0 Å². The zero-order chi connectivity index (χ0) is 18.5. The third-order valence-corrected chi connectivity index (χ3v) is 5.16. The molecule has 1 saturated heterocycles. The highest BCUT2D eigenvalue weighted by Crippen LogP contribution is 2.32. The number of aryl methyl sites for hydroxylation is 1. The fourth-order valence-corrected chi connectivity index (χ4v) is 3.75. The average molecular weight is 352 g/mol. The number of benzene rings is 2. The highest BCUT2D eigenvalue weighted by atomic mass is 16.5. The molecule has 2 aromatic carbocycles. The molecule has 1 aliphatic rings. The first-order valence-electron chi connectivity index (χ1n) is 9.36. The first-order valence-corrected chi connectivity index (χ1v) is 9.36. The molecule has 0 bridgehead atoms. The average Bonchev–Trinajstić information content (AvgIpc) is 2.65. The largest absolute Gasteiger partial charge is 0.495 e. The van der Waals surface area contributed by atoms with Crippen molar-refractivity contribution in [2.45, 2.75) is 45.2 Å². The van der Waals surface area contributed by atoms with E-state index in [9.17, 15) is 4.79 Å². The Morgan fingerprint density at radius 1 is 1.19 bits per heavy atom. The zero-order valence-electron chi connectivity index (χ0n) is 15.9. The van der Waals surface area contributed by atoms with E-state index in [2.05, 4.69) is 17.1 Å². The molecular formula is C22H28N2O2. The monoisotopic (exact) mass is 352 g/mol. The molecule has 0 aromatic heterocycles. The molecule has 1 N–H and O–H groups in total. The number of hydrogen-bond acceptors (Lipinski definition) is 3. The molecule has 0 spiro atoms. The lowest BCUT2D eigenvalue weighted by Gasteiger charge is -2.39. The van der Waals surface area contributed by atoms with Gasteiger partial charge in [-0.15, -0.1) is 0 Å². The molecule has 0 radical (unpaired) electrons. The first-order chi connectivity index (χ1) is 12.6. The molecule has 1 amide bonds. The summed E-state index contributed by atoms with van der Waals surface area (Å²) < 4.78 is 5.42. The normalized spacial score (nSPS) is 19.0. The van der Waals surface area contributed by atoms with Crippen LogP contribution in [0, 0.1) is 6.92 Å². The Labute approximate surface area is 156 Å². The van der Waals surface area contributed by atoms with Crippen LogP contribution in [-0.2, 0) is 4.79 Å². The van der Waals surface area contributed by atoms with E-state index in [4.69, 9.17) is 4.74 Å². The van der Waals surface area contributed by atoms with Crippen molar-refractivity contribution >= 4 is 11.6 Å². The van der Waals surface area contributed by atoms with Gasteiger partial charge >= 0.3 is 0 Å². The molecule has 1 aliphatic heterocycles. The SMILES string of the molecule is COc1ccc(C)cc1NC(=O)[C@H](c1ccccc1)N1CCCC[C@@H]1C. The summed E-state index contributed by atoms with van der Waals surface area (Å²) in [6.07, 6.45) is 3.49. The molecule has 0 saturated carbocycles. The van der Waals surface area contributed by atoms with Gasteiger partial charge in [0.05, 0.1) is 12.8 Å². The molecule has 4 nitrogen and oxygen atoms in total. The Bertz CT molecular complexity index is 745. The molecule has 138 valence electrons. The van der Waals surface area contributed by atoms with Crippen molar-refractivity contribution in [2.75, 3.05) is 19.0 Å². The Morgan fingerprint density at radius 3 is 2.65 bits per heavy atom. The summed E-state index contributed by atoms with van der Waals surface area (Å²) in [5.41, 5.74) is 2.84. The van der Waals surface area contributed by atoms with Gasteiger partial charge in [-0.2, -0.15) is 0 Å². The Kier molecular flexibility index (Phi) is 5.94. The molecule has 1 fully saturated rings. The number of hydrogen-bond donors (Lipinski definition) is 1.